The number of rotatable bonds is 4. The summed E-state index contributed by atoms with van der Waals surface area (Å²) in [4.78, 5) is 10.6. The second-order valence-electron chi connectivity index (χ2n) is 3.86. The van der Waals surface area contributed by atoms with E-state index in [-0.39, 0.29) is 12.2 Å². The zero-order valence-electron chi connectivity index (χ0n) is 9.68. The van der Waals surface area contributed by atoms with Crippen molar-refractivity contribution in [2.24, 2.45) is 0 Å². The highest BCUT2D eigenvalue weighted by atomic mass is 19.3. The Morgan fingerprint density at radius 1 is 1.39 bits per heavy atom. The first-order valence-corrected chi connectivity index (χ1v) is 5.34. The Morgan fingerprint density at radius 3 is 2.72 bits per heavy atom. The summed E-state index contributed by atoms with van der Waals surface area (Å²) < 4.78 is 26.8. The molecule has 0 aliphatic rings. The Hall–Kier alpha value is -2.11. The summed E-state index contributed by atoms with van der Waals surface area (Å²) in [5.41, 5.74) is 1.09. The number of hydrogen-bond donors (Lipinski definition) is 0. The molecule has 0 spiro atoms. The van der Waals surface area contributed by atoms with Gasteiger partial charge in [0, 0.05) is 0 Å². The number of hydrogen-bond acceptors (Lipinski definition) is 3. The number of alkyl halides is 2. The number of aldehydes is 1. The van der Waals surface area contributed by atoms with Crippen LogP contribution in [0.25, 0.3) is 0 Å². The van der Waals surface area contributed by atoms with Gasteiger partial charge in [0.05, 0.1) is 6.54 Å². The Labute approximate surface area is 102 Å². The van der Waals surface area contributed by atoms with Gasteiger partial charge in [0.25, 0.3) is 6.43 Å². The Bertz CT molecular complexity index is 566. The first-order valence-electron chi connectivity index (χ1n) is 5.34. The zero-order valence-corrected chi connectivity index (χ0v) is 9.68. The third-order valence-electron chi connectivity index (χ3n) is 2.70. The predicted molar refractivity (Wildman–Crippen MR) is 60.6 cm³/mol. The molecule has 0 aliphatic heterocycles. The van der Waals surface area contributed by atoms with E-state index >= 15 is 0 Å². The summed E-state index contributed by atoms with van der Waals surface area (Å²) in [6.45, 7) is 2.06. The van der Waals surface area contributed by atoms with Crippen molar-refractivity contribution in [2.45, 2.75) is 19.9 Å². The Kier molecular flexibility index (Phi) is 3.45. The lowest BCUT2D eigenvalue weighted by Gasteiger charge is -2.08. The largest absolute Gasteiger partial charge is 0.296 e. The van der Waals surface area contributed by atoms with Gasteiger partial charge < -0.3 is 0 Å². The molecule has 0 atom stereocenters. The van der Waals surface area contributed by atoms with Crippen LogP contribution in [-0.4, -0.2) is 21.3 Å². The molecule has 4 nitrogen and oxygen atoms in total. The molecule has 6 heteroatoms. The molecule has 94 valence electrons. The Balaban J connectivity index is 2.38. The van der Waals surface area contributed by atoms with Gasteiger partial charge in [0.1, 0.15) is 5.69 Å². The first kappa shape index (κ1) is 12.3. The van der Waals surface area contributed by atoms with E-state index in [9.17, 15) is 13.6 Å². The highest BCUT2D eigenvalue weighted by Crippen LogP contribution is 2.21. The second kappa shape index (κ2) is 5.03. The van der Waals surface area contributed by atoms with E-state index in [4.69, 9.17) is 0 Å². The first-order chi connectivity index (χ1) is 8.63. The van der Waals surface area contributed by atoms with Crippen LogP contribution in [0.5, 0.6) is 0 Å². The van der Waals surface area contributed by atoms with E-state index in [2.05, 4.69) is 10.3 Å². The lowest BCUT2D eigenvalue weighted by atomic mass is 10.1. The molecule has 0 amide bonds. The average Bonchev–Trinajstić information content (AvgIpc) is 2.75. The van der Waals surface area contributed by atoms with Crippen LogP contribution in [0.3, 0.4) is 0 Å². The van der Waals surface area contributed by atoms with Crippen LogP contribution in [0.2, 0.25) is 0 Å². The van der Waals surface area contributed by atoms with Gasteiger partial charge in [-0.2, -0.15) is 0 Å². The highest BCUT2D eigenvalue weighted by molar-refractivity contribution is 5.73. The van der Waals surface area contributed by atoms with Crippen LogP contribution in [0.4, 0.5) is 8.78 Å². The molecule has 0 fully saturated rings. The van der Waals surface area contributed by atoms with Gasteiger partial charge in [-0.1, -0.05) is 29.5 Å². The quantitative estimate of drug-likeness (QED) is 0.784. The van der Waals surface area contributed by atoms with E-state index < -0.39 is 12.1 Å². The van der Waals surface area contributed by atoms with Gasteiger partial charge in [0.15, 0.2) is 12.0 Å². The van der Waals surface area contributed by atoms with Crippen LogP contribution in [0, 0.1) is 6.92 Å². The normalized spacial score (nSPS) is 10.9. The third-order valence-corrected chi connectivity index (χ3v) is 2.70. The maximum Gasteiger partial charge on any atom is 0.282 e. The fourth-order valence-corrected chi connectivity index (χ4v) is 1.71. The molecule has 0 bridgehead atoms. The van der Waals surface area contributed by atoms with E-state index in [1.807, 2.05) is 31.2 Å². The molecule has 1 heterocycles. The van der Waals surface area contributed by atoms with Crippen molar-refractivity contribution >= 4 is 6.29 Å². The van der Waals surface area contributed by atoms with E-state index in [0.717, 1.165) is 15.8 Å². The van der Waals surface area contributed by atoms with Crippen molar-refractivity contribution < 1.29 is 13.6 Å². The maximum absolute atomic E-state index is 12.9. The molecule has 0 N–H and O–H groups in total. The predicted octanol–water partition coefficient (Wildman–Crippen LogP) is 2.38. The molecule has 2 aromatic rings. The topological polar surface area (TPSA) is 47.8 Å². The summed E-state index contributed by atoms with van der Waals surface area (Å²) in [7, 11) is 0. The smallest absolute Gasteiger partial charge is 0.282 e. The molecular formula is C12H11F2N3O. The van der Waals surface area contributed by atoms with Gasteiger partial charge in [-0.25, -0.2) is 13.5 Å². The van der Waals surface area contributed by atoms with Gasteiger partial charge in [-0.15, -0.1) is 5.10 Å². The molecule has 1 aromatic carbocycles. The minimum absolute atomic E-state index is 0.174. The van der Waals surface area contributed by atoms with Crippen molar-refractivity contribution in [3.63, 3.8) is 0 Å². The third kappa shape index (κ3) is 2.27. The SMILES string of the molecule is Cc1ccccc1Cn1nnc(C=O)c1C(F)F. The number of carbonyl (C=O) groups excluding carboxylic acids is 1. The summed E-state index contributed by atoms with van der Waals surface area (Å²) in [6, 6.07) is 7.40. The number of carbonyl (C=O) groups is 1. The van der Waals surface area contributed by atoms with Crippen LogP contribution in [0.1, 0.15) is 33.7 Å². The number of aromatic nitrogens is 3. The highest BCUT2D eigenvalue weighted by Gasteiger charge is 2.21. The summed E-state index contributed by atoms with van der Waals surface area (Å²) in [5.74, 6) is 0. The molecule has 0 radical (unpaired) electrons. The van der Waals surface area contributed by atoms with Crippen molar-refractivity contribution in [2.75, 3.05) is 0 Å². The molecule has 0 aliphatic carbocycles. The van der Waals surface area contributed by atoms with Gasteiger partial charge in [-0.3, -0.25) is 4.79 Å². The van der Waals surface area contributed by atoms with Crippen molar-refractivity contribution in [1.82, 2.24) is 15.0 Å². The van der Waals surface area contributed by atoms with Crippen molar-refractivity contribution in [3.05, 3.63) is 46.8 Å². The summed E-state index contributed by atoms with van der Waals surface area (Å²) in [5, 5.41) is 7.05. The summed E-state index contributed by atoms with van der Waals surface area (Å²) in [6.07, 6.45) is -2.48. The van der Waals surface area contributed by atoms with Crippen molar-refractivity contribution in [3.8, 4) is 0 Å². The van der Waals surface area contributed by atoms with E-state index in [1.54, 1.807) is 0 Å². The molecule has 0 unspecified atom stereocenters. The van der Waals surface area contributed by atoms with Crippen LogP contribution < -0.4 is 0 Å². The number of nitrogens with zero attached hydrogens (tertiary/aromatic N) is 3. The lowest BCUT2D eigenvalue weighted by molar-refractivity contribution is 0.109. The zero-order chi connectivity index (χ0) is 13.1. The molecule has 0 saturated heterocycles. The molecule has 1 aromatic heterocycles. The molecule has 18 heavy (non-hydrogen) atoms. The van der Waals surface area contributed by atoms with Crippen LogP contribution in [-0.2, 0) is 6.54 Å². The molecule has 0 saturated carbocycles. The minimum atomic E-state index is -2.77. The molecular weight excluding hydrogens is 240 g/mol. The molecule has 2 rings (SSSR count). The number of benzene rings is 1. The van der Waals surface area contributed by atoms with Crippen molar-refractivity contribution in [1.29, 1.82) is 0 Å². The van der Waals surface area contributed by atoms with Crippen LogP contribution in [0.15, 0.2) is 24.3 Å². The Morgan fingerprint density at radius 2 is 2.11 bits per heavy atom. The fourth-order valence-electron chi connectivity index (χ4n) is 1.71. The van der Waals surface area contributed by atoms with Gasteiger partial charge >= 0.3 is 0 Å². The number of aryl methyl sites for hydroxylation is 1. The van der Waals surface area contributed by atoms with E-state index in [0.29, 0.717) is 6.29 Å². The standard InChI is InChI=1S/C12H11F2N3O/c1-8-4-2-3-5-9(8)6-17-11(12(13)14)10(7-18)15-16-17/h2-5,7,12H,6H2,1H3. The maximum atomic E-state index is 12.9. The summed E-state index contributed by atoms with van der Waals surface area (Å²) >= 11 is 0. The monoisotopic (exact) mass is 251 g/mol. The fraction of sp³-hybridized carbons (Fsp3) is 0.250. The van der Waals surface area contributed by atoms with Gasteiger partial charge in [-0.05, 0) is 18.1 Å². The number of halogens is 2. The van der Waals surface area contributed by atoms with Crippen LogP contribution >= 0.6 is 0 Å². The van der Waals surface area contributed by atoms with Gasteiger partial charge in [0.2, 0.25) is 0 Å². The average molecular weight is 251 g/mol. The lowest BCUT2D eigenvalue weighted by Crippen LogP contribution is -2.08. The minimum Gasteiger partial charge on any atom is -0.296 e. The second-order valence-corrected chi connectivity index (χ2v) is 3.86. The van der Waals surface area contributed by atoms with E-state index in [1.165, 1.54) is 0 Å².